The Morgan fingerprint density at radius 3 is 2.54 bits per heavy atom. The fourth-order valence-electron chi connectivity index (χ4n) is 3.34. The summed E-state index contributed by atoms with van der Waals surface area (Å²) in [5, 5.41) is 11.4. The molecule has 0 aromatic heterocycles. The second-order valence-electron chi connectivity index (χ2n) is 6.18. The summed E-state index contributed by atoms with van der Waals surface area (Å²) in [6.07, 6.45) is 1.85. The third kappa shape index (κ3) is 2.12. The molecule has 8 heteroatoms. The molecular weight excluding hydrogens is 352 g/mol. The molecule has 0 unspecified atom stereocenters. The Bertz CT molecular complexity index is 970. The van der Waals surface area contributed by atoms with Crippen LogP contribution in [0.2, 0.25) is 5.02 Å². The molecule has 1 aliphatic carbocycles. The predicted octanol–water partition coefficient (Wildman–Crippen LogP) is 3.49. The normalized spacial score (nSPS) is 17.8. The van der Waals surface area contributed by atoms with Crippen molar-refractivity contribution >= 4 is 33.0 Å². The molecule has 1 saturated carbocycles. The molecule has 0 N–H and O–H groups in total. The van der Waals surface area contributed by atoms with Crippen molar-refractivity contribution in [3.05, 3.63) is 63.2 Å². The average Bonchev–Trinajstić information content (AvgIpc) is 3.24. The van der Waals surface area contributed by atoms with Gasteiger partial charge in [0.15, 0.2) is 4.90 Å². The topological polar surface area (TPSA) is 80.5 Å². The Morgan fingerprint density at radius 2 is 1.88 bits per heavy atom. The number of halogens is 1. The number of nitrogens with zero attached hydrogens (tertiary/aromatic N) is 2. The van der Waals surface area contributed by atoms with Crippen molar-refractivity contribution in [3.8, 4) is 0 Å². The lowest BCUT2D eigenvalue weighted by Crippen LogP contribution is -2.32. The largest absolute Gasteiger partial charge is 0.289 e. The van der Waals surface area contributed by atoms with Gasteiger partial charge in [0.05, 0.1) is 10.6 Å². The summed E-state index contributed by atoms with van der Waals surface area (Å²) >= 11 is 5.90. The average molecular weight is 365 g/mol. The standard InChI is InChI=1S/C16H13ClN2O4S/c17-11-5-6-14(19(20)21)15(9-11)24(22,23)18-10-16(7-8-16)12-3-1-2-4-13(12)18/h1-6,9H,7-8,10H2. The third-order valence-corrected chi connectivity index (χ3v) is 6.75. The molecule has 0 bridgehead atoms. The van der Waals surface area contributed by atoms with E-state index in [1.807, 2.05) is 12.1 Å². The Balaban J connectivity index is 1.89. The van der Waals surface area contributed by atoms with E-state index < -0.39 is 20.6 Å². The van der Waals surface area contributed by atoms with Crippen LogP contribution in [0.5, 0.6) is 0 Å². The maximum atomic E-state index is 13.2. The fourth-order valence-corrected chi connectivity index (χ4v) is 5.33. The smallest absolute Gasteiger partial charge is 0.265 e. The van der Waals surface area contributed by atoms with E-state index in [1.165, 1.54) is 10.4 Å². The molecule has 2 aromatic carbocycles. The lowest BCUT2D eigenvalue weighted by molar-refractivity contribution is -0.387. The van der Waals surface area contributed by atoms with Gasteiger partial charge < -0.3 is 0 Å². The van der Waals surface area contributed by atoms with Gasteiger partial charge in [-0.1, -0.05) is 29.8 Å². The summed E-state index contributed by atoms with van der Waals surface area (Å²) < 4.78 is 27.6. The summed E-state index contributed by atoms with van der Waals surface area (Å²) in [6, 6.07) is 10.9. The molecule has 6 nitrogen and oxygen atoms in total. The molecule has 1 aliphatic heterocycles. The number of nitro groups is 1. The van der Waals surface area contributed by atoms with Gasteiger partial charge in [-0.15, -0.1) is 0 Å². The van der Waals surface area contributed by atoms with E-state index in [0.29, 0.717) is 12.2 Å². The van der Waals surface area contributed by atoms with Gasteiger partial charge in [-0.25, -0.2) is 8.42 Å². The summed E-state index contributed by atoms with van der Waals surface area (Å²) in [5.74, 6) is 0. The van der Waals surface area contributed by atoms with Gasteiger partial charge >= 0.3 is 0 Å². The minimum absolute atomic E-state index is 0.142. The lowest BCUT2D eigenvalue weighted by atomic mass is 9.99. The zero-order valence-electron chi connectivity index (χ0n) is 12.5. The van der Waals surface area contributed by atoms with Crippen LogP contribution in [0.3, 0.4) is 0 Å². The highest BCUT2D eigenvalue weighted by molar-refractivity contribution is 7.93. The molecule has 4 rings (SSSR count). The molecule has 2 aromatic rings. The third-order valence-electron chi connectivity index (χ3n) is 4.73. The van der Waals surface area contributed by atoms with Gasteiger partial charge in [0.25, 0.3) is 15.7 Å². The fraction of sp³-hybridized carbons (Fsp3) is 0.250. The molecule has 0 amide bonds. The van der Waals surface area contributed by atoms with Crippen LogP contribution < -0.4 is 4.31 Å². The Morgan fingerprint density at radius 1 is 1.17 bits per heavy atom. The van der Waals surface area contributed by atoms with Gasteiger partial charge in [0.1, 0.15) is 0 Å². The lowest BCUT2D eigenvalue weighted by Gasteiger charge is -2.20. The van der Waals surface area contributed by atoms with E-state index in [9.17, 15) is 18.5 Å². The first-order valence-corrected chi connectivity index (χ1v) is 9.23. The van der Waals surface area contributed by atoms with E-state index in [4.69, 9.17) is 11.6 Å². The molecule has 24 heavy (non-hydrogen) atoms. The number of anilines is 1. The van der Waals surface area contributed by atoms with Crippen LogP contribution in [0, 0.1) is 10.1 Å². The SMILES string of the molecule is O=[N+]([O-])c1ccc(Cl)cc1S(=O)(=O)N1CC2(CC2)c2ccccc21. The van der Waals surface area contributed by atoms with Crippen LogP contribution in [0.25, 0.3) is 0 Å². The number of hydrogen-bond acceptors (Lipinski definition) is 4. The van der Waals surface area contributed by atoms with Crippen LogP contribution in [0.15, 0.2) is 47.4 Å². The number of sulfonamides is 1. The zero-order chi connectivity index (χ0) is 17.1. The van der Waals surface area contributed by atoms with Gasteiger partial charge in [-0.05, 0) is 36.6 Å². The summed E-state index contributed by atoms with van der Waals surface area (Å²) in [4.78, 5) is 10.2. The highest BCUT2D eigenvalue weighted by atomic mass is 35.5. The Hall–Kier alpha value is -2.12. The van der Waals surface area contributed by atoms with Crippen molar-refractivity contribution in [2.75, 3.05) is 10.8 Å². The monoisotopic (exact) mass is 364 g/mol. The number of para-hydroxylation sites is 1. The van der Waals surface area contributed by atoms with E-state index >= 15 is 0 Å². The van der Waals surface area contributed by atoms with Crippen LogP contribution in [0.4, 0.5) is 11.4 Å². The number of nitro benzene ring substituents is 1. The maximum absolute atomic E-state index is 13.2. The van der Waals surface area contributed by atoms with Crippen LogP contribution in [-0.4, -0.2) is 19.9 Å². The highest BCUT2D eigenvalue weighted by Gasteiger charge is 2.54. The summed E-state index contributed by atoms with van der Waals surface area (Å²) in [7, 11) is -4.07. The van der Waals surface area contributed by atoms with E-state index in [0.717, 1.165) is 30.5 Å². The van der Waals surface area contributed by atoms with Crippen LogP contribution in [-0.2, 0) is 15.4 Å². The number of benzene rings is 2. The molecule has 1 fully saturated rings. The highest BCUT2D eigenvalue weighted by Crippen LogP contribution is 2.57. The van der Waals surface area contributed by atoms with Gasteiger partial charge in [0.2, 0.25) is 0 Å². The predicted molar refractivity (Wildman–Crippen MR) is 90.0 cm³/mol. The molecule has 2 aliphatic rings. The first kappa shape index (κ1) is 15.4. The first-order chi connectivity index (χ1) is 11.3. The molecule has 1 heterocycles. The van der Waals surface area contributed by atoms with Crippen molar-refractivity contribution in [2.24, 2.45) is 0 Å². The van der Waals surface area contributed by atoms with Crippen LogP contribution in [0.1, 0.15) is 18.4 Å². The number of hydrogen-bond donors (Lipinski definition) is 0. The molecule has 0 saturated heterocycles. The zero-order valence-corrected chi connectivity index (χ0v) is 14.0. The van der Waals surface area contributed by atoms with Gasteiger partial charge in [-0.2, -0.15) is 0 Å². The van der Waals surface area contributed by atoms with Crippen molar-refractivity contribution in [3.63, 3.8) is 0 Å². The second-order valence-corrected chi connectivity index (χ2v) is 8.45. The summed E-state index contributed by atoms with van der Waals surface area (Å²) in [5.41, 5.74) is 0.993. The Labute approximate surface area is 143 Å². The van der Waals surface area contributed by atoms with E-state index in [-0.39, 0.29) is 15.3 Å². The molecule has 0 radical (unpaired) electrons. The Kier molecular flexibility index (Phi) is 3.17. The molecule has 124 valence electrons. The molecular formula is C16H13ClN2O4S. The quantitative estimate of drug-likeness (QED) is 0.616. The van der Waals surface area contributed by atoms with Crippen molar-refractivity contribution < 1.29 is 13.3 Å². The van der Waals surface area contributed by atoms with Gasteiger partial charge in [-0.3, -0.25) is 14.4 Å². The first-order valence-electron chi connectivity index (χ1n) is 7.41. The van der Waals surface area contributed by atoms with Crippen molar-refractivity contribution in [1.82, 2.24) is 0 Å². The molecule has 0 atom stereocenters. The number of rotatable bonds is 3. The van der Waals surface area contributed by atoms with E-state index in [1.54, 1.807) is 12.1 Å². The van der Waals surface area contributed by atoms with Crippen LogP contribution >= 0.6 is 11.6 Å². The summed E-state index contributed by atoms with van der Waals surface area (Å²) in [6.45, 7) is 0.318. The van der Waals surface area contributed by atoms with Crippen molar-refractivity contribution in [1.29, 1.82) is 0 Å². The second kappa shape index (κ2) is 4.94. The molecule has 1 spiro atoms. The van der Waals surface area contributed by atoms with Crippen molar-refractivity contribution in [2.45, 2.75) is 23.2 Å². The van der Waals surface area contributed by atoms with Gasteiger partial charge in [0, 0.05) is 23.0 Å². The number of fused-ring (bicyclic) bond motifs is 2. The minimum atomic E-state index is -4.07. The minimum Gasteiger partial charge on any atom is -0.265 e. The van der Waals surface area contributed by atoms with E-state index in [2.05, 4.69) is 0 Å². The maximum Gasteiger partial charge on any atom is 0.289 e.